The van der Waals surface area contributed by atoms with Crippen molar-refractivity contribution in [2.45, 2.75) is 6.92 Å². The van der Waals surface area contributed by atoms with Gasteiger partial charge in [0.05, 0.1) is 17.7 Å². The van der Waals surface area contributed by atoms with Gasteiger partial charge in [-0.2, -0.15) is 0 Å². The van der Waals surface area contributed by atoms with Gasteiger partial charge in [0, 0.05) is 12.4 Å². The van der Waals surface area contributed by atoms with Gasteiger partial charge in [0.15, 0.2) is 11.5 Å². The average Bonchev–Trinajstić information content (AvgIpc) is 3.05. The molecule has 0 aliphatic carbocycles. The molecule has 2 heterocycles. The Balaban J connectivity index is 1.47. The molecule has 7 nitrogen and oxygen atoms in total. The first-order valence-corrected chi connectivity index (χ1v) is 10.1. The number of hydrogen-bond acceptors (Lipinski definition) is 6. The normalized spacial score (nSPS) is 12.8. The number of carbonyl (C=O) groups excluding carboxylic acids is 3. The molecule has 2 aromatic carbocycles. The molecule has 1 aliphatic heterocycles. The first-order valence-electron chi connectivity index (χ1n) is 10.1. The van der Waals surface area contributed by atoms with Gasteiger partial charge >= 0.3 is 5.97 Å². The Morgan fingerprint density at radius 2 is 1.56 bits per heavy atom. The molecule has 0 spiro atoms. The van der Waals surface area contributed by atoms with E-state index in [1.165, 1.54) is 0 Å². The highest BCUT2D eigenvalue weighted by molar-refractivity contribution is 6.22. The van der Waals surface area contributed by atoms with E-state index < -0.39 is 24.3 Å². The number of pyridine rings is 1. The summed E-state index contributed by atoms with van der Waals surface area (Å²) in [5.74, 6) is -1.15. The van der Waals surface area contributed by atoms with Crippen molar-refractivity contribution in [1.82, 2.24) is 9.88 Å². The molecule has 1 aromatic heterocycles. The van der Waals surface area contributed by atoms with Crippen LogP contribution in [0.15, 0.2) is 67.0 Å². The van der Waals surface area contributed by atoms with E-state index in [2.05, 4.69) is 4.98 Å². The van der Waals surface area contributed by atoms with E-state index in [-0.39, 0.29) is 16.9 Å². The average molecular weight is 428 g/mol. The summed E-state index contributed by atoms with van der Waals surface area (Å²) < 4.78 is 11.1. The molecule has 0 fully saturated rings. The van der Waals surface area contributed by atoms with Crippen molar-refractivity contribution >= 4 is 29.9 Å². The fourth-order valence-corrected chi connectivity index (χ4v) is 3.31. The minimum absolute atomic E-state index is 0.217. The van der Waals surface area contributed by atoms with Gasteiger partial charge in [0.2, 0.25) is 0 Å². The Labute approximate surface area is 184 Å². The van der Waals surface area contributed by atoms with Crippen molar-refractivity contribution in [2.75, 3.05) is 13.2 Å². The molecule has 32 heavy (non-hydrogen) atoms. The predicted octanol–water partition coefficient (Wildman–Crippen LogP) is 3.85. The Hall–Kier alpha value is -4.26. The number of nitrogens with zero attached hydrogens (tertiary/aromatic N) is 2. The zero-order valence-electron chi connectivity index (χ0n) is 17.4. The van der Waals surface area contributed by atoms with E-state index >= 15 is 0 Å². The predicted molar refractivity (Wildman–Crippen MR) is 118 cm³/mol. The highest BCUT2D eigenvalue weighted by Gasteiger charge is 2.36. The minimum atomic E-state index is -0.736. The van der Waals surface area contributed by atoms with Crippen molar-refractivity contribution in [3.8, 4) is 11.5 Å². The number of benzene rings is 2. The molecule has 2 amide bonds. The fourth-order valence-electron chi connectivity index (χ4n) is 3.31. The van der Waals surface area contributed by atoms with Gasteiger partial charge in [0.1, 0.15) is 6.54 Å². The second-order valence-corrected chi connectivity index (χ2v) is 6.97. The van der Waals surface area contributed by atoms with Crippen LogP contribution >= 0.6 is 0 Å². The van der Waals surface area contributed by atoms with E-state index in [1.54, 1.807) is 54.9 Å². The van der Waals surface area contributed by atoms with Gasteiger partial charge in [0.25, 0.3) is 11.8 Å². The van der Waals surface area contributed by atoms with Crippen molar-refractivity contribution in [1.29, 1.82) is 0 Å². The minimum Gasteiger partial charge on any atom is -0.490 e. The largest absolute Gasteiger partial charge is 0.490 e. The number of imide groups is 1. The zero-order chi connectivity index (χ0) is 22.5. The van der Waals surface area contributed by atoms with Crippen LogP contribution in [0.2, 0.25) is 0 Å². The zero-order valence-corrected chi connectivity index (χ0v) is 17.4. The first kappa shape index (κ1) is 21.0. The fraction of sp³-hybridized carbons (Fsp3) is 0.120. The molecule has 0 atom stereocenters. The van der Waals surface area contributed by atoms with Gasteiger partial charge in [-0.15, -0.1) is 0 Å². The van der Waals surface area contributed by atoms with E-state index in [9.17, 15) is 14.4 Å². The van der Waals surface area contributed by atoms with Gasteiger partial charge < -0.3 is 9.47 Å². The van der Waals surface area contributed by atoms with Crippen molar-refractivity contribution in [3.63, 3.8) is 0 Å². The van der Waals surface area contributed by atoms with Gasteiger partial charge in [-0.3, -0.25) is 19.5 Å². The lowest BCUT2D eigenvalue weighted by atomic mass is 10.1. The molecular weight excluding hydrogens is 408 g/mol. The summed E-state index contributed by atoms with van der Waals surface area (Å²) in [6.45, 7) is 1.71. The monoisotopic (exact) mass is 428 g/mol. The van der Waals surface area contributed by atoms with E-state index in [4.69, 9.17) is 9.47 Å². The summed E-state index contributed by atoms with van der Waals surface area (Å²) in [6.07, 6.45) is 7.26. The highest BCUT2D eigenvalue weighted by atomic mass is 16.6. The van der Waals surface area contributed by atoms with Gasteiger partial charge in [-0.1, -0.05) is 30.4 Å². The standard InChI is InChI=1S/C25H20N2O5/c1-2-31-22-15-18(8-7-17-11-13-26-14-12-17)9-10-21(22)32-23(28)16-27-24(29)19-5-3-4-6-20(19)25(27)30/h3-15H,2,16H2,1H3/b8-7+. The highest BCUT2D eigenvalue weighted by Crippen LogP contribution is 2.30. The number of carbonyl (C=O) groups is 3. The number of esters is 1. The van der Waals surface area contributed by atoms with E-state index in [0.717, 1.165) is 16.0 Å². The number of fused-ring (bicyclic) bond motifs is 1. The lowest BCUT2D eigenvalue weighted by Gasteiger charge is -2.15. The summed E-state index contributed by atoms with van der Waals surface area (Å²) in [4.78, 5) is 42.3. The topological polar surface area (TPSA) is 85.8 Å². The van der Waals surface area contributed by atoms with Crippen LogP contribution in [0.3, 0.4) is 0 Å². The quantitative estimate of drug-likeness (QED) is 0.323. The SMILES string of the molecule is CCOc1cc(/C=C/c2ccncc2)ccc1OC(=O)CN1C(=O)c2ccccc2C1=O. The Kier molecular flexibility index (Phi) is 6.07. The van der Waals surface area contributed by atoms with Crippen LogP contribution in [0.5, 0.6) is 11.5 Å². The summed E-state index contributed by atoms with van der Waals surface area (Å²) in [5.41, 5.74) is 2.41. The maximum Gasteiger partial charge on any atom is 0.331 e. The van der Waals surface area contributed by atoms with Crippen molar-refractivity contribution < 1.29 is 23.9 Å². The third kappa shape index (κ3) is 4.41. The number of rotatable bonds is 7. The summed E-state index contributed by atoms with van der Waals surface area (Å²) in [5, 5.41) is 0. The molecule has 0 saturated carbocycles. The van der Waals surface area contributed by atoms with Crippen molar-refractivity contribution in [2.24, 2.45) is 0 Å². The summed E-state index contributed by atoms with van der Waals surface area (Å²) >= 11 is 0. The first-order chi connectivity index (χ1) is 15.6. The lowest BCUT2D eigenvalue weighted by Crippen LogP contribution is -2.36. The number of hydrogen-bond donors (Lipinski definition) is 0. The maximum atomic E-state index is 12.5. The number of amides is 2. The molecule has 3 aromatic rings. The molecular formula is C25H20N2O5. The van der Waals surface area contributed by atoms with Crippen LogP contribution in [-0.2, 0) is 4.79 Å². The van der Waals surface area contributed by atoms with Crippen LogP contribution in [0, 0.1) is 0 Å². The van der Waals surface area contributed by atoms with Crippen LogP contribution in [-0.4, -0.2) is 40.8 Å². The van der Waals surface area contributed by atoms with Crippen LogP contribution < -0.4 is 9.47 Å². The molecule has 4 rings (SSSR count). The molecule has 0 saturated heterocycles. The Morgan fingerprint density at radius 1 is 0.906 bits per heavy atom. The molecule has 160 valence electrons. The molecule has 7 heteroatoms. The molecule has 0 N–H and O–H groups in total. The smallest absolute Gasteiger partial charge is 0.331 e. The molecule has 0 unspecified atom stereocenters. The van der Waals surface area contributed by atoms with E-state index in [1.807, 2.05) is 31.2 Å². The second kappa shape index (κ2) is 9.26. The molecule has 1 aliphatic rings. The van der Waals surface area contributed by atoms with Crippen LogP contribution in [0.25, 0.3) is 12.2 Å². The Bertz CT molecular complexity index is 1170. The summed E-state index contributed by atoms with van der Waals surface area (Å²) in [7, 11) is 0. The maximum absolute atomic E-state index is 12.5. The summed E-state index contributed by atoms with van der Waals surface area (Å²) in [6, 6.07) is 15.4. The Morgan fingerprint density at radius 3 is 2.22 bits per heavy atom. The van der Waals surface area contributed by atoms with Crippen LogP contribution in [0.4, 0.5) is 0 Å². The third-order valence-corrected chi connectivity index (χ3v) is 4.83. The molecule has 0 bridgehead atoms. The van der Waals surface area contributed by atoms with Crippen molar-refractivity contribution in [3.05, 3.63) is 89.2 Å². The van der Waals surface area contributed by atoms with Crippen LogP contribution in [0.1, 0.15) is 38.8 Å². The van der Waals surface area contributed by atoms with Gasteiger partial charge in [-0.25, -0.2) is 4.79 Å². The second-order valence-electron chi connectivity index (χ2n) is 6.97. The number of aromatic nitrogens is 1. The lowest BCUT2D eigenvalue weighted by molar-refractivity contribution is -0.134. The third-order valence-electron chi connectivity index (χ3n) is 4.83. The molecule has 0 radical (unpaired) electrons. The number of ether oxygens (including phenoxy) is 2. The van der Waals surface area contributed by atoms with Gasteiger partial charge in [-0.05, 0) is 54.4 Å². The van der Waals surface area contributed by atoms with E-state index in [0.29, 0.717) is 12.4 Å².